The van der Waals surface area contributed by atoms with Crippen LogP contribution in [0.5, 0.6) is 5.75 Å². The summed E-state index contributed by atoms with van der Waals surface area (Å²) in [6.07, 6.45) is 0.756. The van der Waals surface area contributed by atoms with Gasteiger partial charge < -0.3 is 19.9 Å². The summed E-state index contributed by atoms with van der Waals surface area (Å²) >= 11 is 6.01. The maximum atomic E-state index is 12.0. The number of urea groups is 1. The third-order valence-electron chi connectivity index (χ3n) is 3.80. The number of rotatable bonds is 6. The van der Waals surface area contributed by atoms with Gasteiger partial charge in [-0.25, -0.2) is 4.79 Å². The Morgan fingerprint density at radius 2 is 2.00 bits per heavy atom. The van der Waals surface area contributed by atoms with Crippen LogP contribution in [0.2, 0.25) is 5.02 Å². The fourth-order valence-corrected chi connectivity index (χ4v) is 2.58. The highest BCUT2D eigenvalue weighted by Gasteiger charge is 2.19. The van der Waals surface area contributed by atoms with Gasteiger partial charge in [0.1, 0.15) is 5.75 Å². The number of nitrogens with zero attached hydrogens (tertiary/aromatic N) is 2. The molecule has 0 aromatic heterocycles. The van der Waals surface area contributed by atoms with Gasteiger partial charge in [-0.3, -0.25) is 0 Å². The van der Waals surface area contributed by atoms with E-state index in [-0.39, 0.29) is 6.03 Å². The fraction of sp³-hybridized carbons (Fsp3) is 0.562. The van der Waals surface area contributed by atoms with E-state index >= 15 is 0 Å². The molecule has 0 spiro atoms. The molecule has 122 valence electrons. The van der Waals surface area contributed by atoms with Crippen LogP contribution in [0.1, 0.15) is 13.3 Å². The van der Waals surface area contributed by atoms with Crippen molar-refractivity contribution in [2.75, 3.05) is 45.9 Å². The van der Waals surface area contributed by atoms with Crippen LogP contribution in [0.3, 0.4) is 0 Å². The van der Waals surface area contributed by atoms with Crippen LogP contribution < -0.4 is 10.1 Å². The van der Waals surface area contributed by atoms with Crippen molar-refractivity contribution in [1.82, 2.24) is 15.1 Å². The number of halogens is 1. The number of ether oxygens (including phenoxy) is 1. The van der Waals surface area contributed by atoms with Gasteiger partial charge in [-0.2, -0.15) is 0 Å². The van der Waals surface area contributed by atoms with Crippen LogP contribution >= 0.6 is 11.6 Å². The minimum absolute atomic E-state index is 0.0218. The SMILES string of the molecule is CCN1CCN(C(=O)NCCCOc2ccccc2Cl)CC1. The molecule has 1 aromatic rings. The minimum atomic E-state index is 0.0218. The first-order valence-electron chi connectivity index (χ1n) is 7.83. The Hall–Kier alpha value is -1.46. The molecule has 0 atom stereocenters. The number of carbonyl (C=O) groups excluding carboxylic acids is 1. The molecule has 0 aliphatic carbocycles. The topological polar surface area (TPSA) is 44.8 Å². The van der Waals surface area contributed by atoms with E-state index in [2.05, 4.69) is 17.1 Å². The lowest BCUT2D eigenvalue weighted by molar-refractivity contribution is 0.142. The molecule has 1 N–H and O–H groups in total. The van der Waals surface area contributed by atoms with Crippen molar-refractivity contribution < 1.29 is 9.53 Å². The maximum Gasteiger partial charge on any atom is 0.317 e. The molecule has 1 aliphatic heterocycles. The lowest BCUT2D eigenvalue weighted by atomic mass is 10.3. The van der Waals surface area contributed by atoms with Crippen molar-refractivity contribution >= 4 is 17.6 Å². The molecule has 1 fully saturated rings. The molecule has 1 aliphatic rings. The monoisotopic (exact) mass is 325 g/mol. The van der Waals surface area contributed by atoms with Crippen molar-refractivity contribution in [3.63, 3.8) is 0 Å². The third-order valence-corrected chi connectivity index (χ3v) is 4.11. The number of piperazine rings is 1. The summed E-state index contributed by atoms with van der Waals surface area (Å²) in [6.45, 7) is 7.86. The molecule has 0 radical (unpaired) electrons. The van der Waals surface area contributed by atoms with Gasteiger partial charge in [0.15, 0.2) is 0 Å². The molecule has 5 nitrogen and oxygen atoms in total. The molecule has 1 saturated heterocycles. The summed E-state index contributed by atoms with van der Waals surface area (Å²) in [6, 6.07) is 7.42. The number of para-hydroxylation sites is 1. The summed E-state index contributed by atoms with van der Waals surface area (Å²) in [4.78, 5) is 16.2. The van der Waals surface area contributed by atoms with Gasteiger partial charge in [0.25, 0.3) is 0 Å². The molecule has 22 heavy (non-hydrogen) atoms. The van der Waals surface area contributed by atoms with E-state index in [4.69, 9.17) is 16.3 Å². The van der Waals surface area contributed by atoms with Crippen LogP contribution in [0.4, 0.5) is 4.79 Å². The molecule has 1 heterocycles. The maximum absolute atomic E-state index is 12.0. The van der Waals surface area contributed by atoms with Gasteiger partial charge in [-0.15, -0.1) is 0 Å². The van der Waals surface area contributed by atoms with Crippen molar-refractivity contribution in [2.45, 2.75) is 13.3 Å². The van der Waals surface area contributed by atoms with E-state index in [0.717, 1.165) is 39.1 Å². The Kier molecular flexibility index (Phi) is 6.80. The van der Waals surface area contributed by atoms with E-state index in [0.29, 0.717) is 23.9 Å². The smallest absolute Gasteiger partial charge is 0.317 e. The van der Waals surface area contributed by atoms with Crippen molar-refractivity contribution in [3.8, 4) is 5.75 Å². The highest BCUT2D eigenvalue weighted by Crippen LogP contribution is 2.22. The van der Waals surface area contributed by atoms with Crippen LogP contribution in [0.25, 0.3) is 0 Å². The Balaban J connectivity index is 1.59. The average Bonchev–Trinajstić information content (AvgIpc) is 2.56. The first-order valence-corrected chi connectivity index (χ1v) is 8.21. The Morgan fingerprint density at radius 3 is 2.68 bits per heavy atom. The van der Waals surface area contributed by atoms with Gasteiger partial charge >= 0.3 is 6.03 Å². The summed E-state index contributed by atoms with van der Waals surface area (Å²) in [5.41, 5.74) is 0. The normalized spacial score (nSPS) is 15.6. The standard InChI is InChI=1S/C16H24ClN3O2/c1-2-19-9-11-20(12-10-19)16(21)18-8-5-13-22-15-7-4-3-6-14(15)17/h3-4,6-7H,2,5,8-13H2,1H3,(H,18,21). The third kappa shape index (κ3) is 5.07. The van der Waals surface area contributed by atoms with E-state index in [1.165, 1.54) is 0 Å². The van der Waals surface area contributed by atoms with E-state index in [9.17, 15) is 4.79 Å². The molecule has 2 rings (SSSR count). The average molecular weight is 326 g/mol. The highest BCUT2D eigenvalue weighted by atomic mass is 35.5. The lowest BCUT2D eigenvalue weighted by Gasteiger charge is -2.34. The Labute approximate surface area is 137 Å². The molecule has 1 aromatic carbocycles. The number of hydrogen-bond acceptors (Lipinski definition) is 3. The Bertz CT molecular complexity index is 476. The quantitative estimate of drug-likeness (QED) is 0.817. The lowest BCUT2D eigenvalue weighted by Crippen LogP contribution is -2.51. The fourth-order valence-electron chi connectivity index (χ4n) is 2.39. The van der Waals surface area contributed by atoms with Gasteiger partial charge in [-0.1, -0.05) is 30.7 Å². The predicted molar refractivity (Wildman–Crippen MR) is 88.6 cm³/mol. The summed E-state index contributed by atoms with van der Waals surface area (Å²) in [7, 11) is 0. The van der Waals surface area contributed by atoms with Crippen molar-refractivity contribution in [2.24, 2.45) is 0 Å². The number of nitrogens with one attached hydrogen (secondary N) is 1. The zero-order chi connectivity index (χ0) is 15.8. The Morgan fingerprint density at radius 1 is 1.27 bits per heavy atom. The van der Waals surface area contributed by atoms with Gasteiger partial charge in [0.2, 0.25) is 0 Å². The van der Waals surface area contributed by atoms with Crippen LogP contribution in [0, 0.1) is 0 Å². The van der Waals surface area contributed by atoms with Crippen LogP contribution in [-0.4, -0.2) is 61.7 Å². The van der Waals surface area contributed by atoms with E-state index in [1.807, 2.05) is 23.1 Å². The van der Waals surface area contributed by atoms with Crippen LogP contribution in [-0.2, 0) is 0 Å². The number of benzene rings is 1. The zero-order valence-electron chi connectivity index (χ0n) is 13.1. The molecular weight excluding hydrogens is 302 g/mol. The van der Waals surface area contributed by atoms with Crippen molar-refractivity contribution in [1.29, 1.82) is 0 Å². The number of amides is 2. The zero-order valence-corrected chi connectivity index (χ0v) is 13.8. The van der Waals surface area contributed by atoms with Gasteiger partial charge in [0.05, 0.1) is 11.6 Å². The summed E-state index contributed by atoms with van der Waals surface area (Å²) in [5.74, 6) is 0.686. The molecule has 6 heteroatoms. The van der Waals surface area contributed by atoms with Gasteiger partial charge in [-0.05, 0) is 25.1 Å². The molecule has 0 saturated carbocycles. The van der Waals surface area contributed by atoms with E-state index in [1.54, 1.807) is 6.07 Å². The first-order chi connectivity index (χ1) is 10.7. The number of carbonyl (C=O) groups is 1. The highest BCUT2D eigenvalue weighted by molar-refractivity contribution is 6.32. The van der Waals surface area contributed by atoms with E-state index < -0.39 is 0 Å². The first kappa shape index (κ1) is 16.9. The number of hydrogen-bond donors (Lipinski definition) is 1. The largest absolute Gasteiger partial charge is 0.492 e. The molecule has 0 bridgehead atoms. The van der Waals surface area contributed by atoms with Gasteiger partial charge in [0, 0.05) is 32.7 Å². The molecule has 2 amide bonds. The predicted octanol–water partition coefficient (Wildman–Crippen LogP) is 2.46. The molecule has 0 unspecified atom stereocenters. The summed E-state index contributed by atoms with van der Waals surface area (Å²) in [5, 5.41) is 3.55. The number of likely N-dealkylation sites (N-methyl/N-ethyl adjacent to an activating group) is 1. The second kappa shape index (κ2) is 8.86. The summed E-state index contributed by atoms with van der Waals surface area (Å²) < 4.78 is 5.59. The second-order valence-electron chi connectivity index (χ2n) is 5.29. The minimum Gasteiger partial charge on any atom is -0.492 e. The van der Waals surface area contributed by atoms with Crippen molar-refractivity contribution in [3.05, 3.63) is 29.3 Å². The second-order valence-corrected chi connectivity index (χ2v) is 5.69. The molecular formula is C16H24ClN3O2. The van der Waals surface area contributed by atoms with Crippen LogP contribution in [0.15, 0.2) is 24.3 Å².